The molecule has 1 heterocycles. The molecule has 2 N–H and O–H groups in total. The second-order valence-electron chi connectivity index (χ2n) is 2.99. The molecule has 16 heavy (non-hydrogen) atoms. The molecule has 0 aliphatic carbocycles. The Labute approximate surface area is 90.8 Å². The van der Waals surface area contributed by atoms with Gasteiger partial charge in [0.05, 0.1) is 18.4 Å². The molecule has 0 amide bonds. The zero-order valence-corrected chi connectivity index (χ0v) is 8.49. The van der Waals surface area contributed by atoms with Gasteiger partial charge < -0.3 is 10.5 Å². The topological polar surface area (TPSA) is 95.9 Å². The van der Waals surface area contributed by atoms with Crippen LogP contribution < -0.4 is 5.73 Å². The first-order valence-corrected chi connectivity index (χ1v) is 4.45. The van der Waals surface area contributed by atoms with Gasteiger partial charge in [-0.25, -0.2) is 4.79 Å². The van der Waals surface area contributed by atoms with Crippen molar-refractivity contribution in [2.45, 2.75) is 0 Å². The number of nitrogens with two attached hydrogens (primary N) is 1. The number of ether oxygens (including phenoxy) is 1. The number of aromatic nitrogens is 4. The number of nitrogen functional groups attached to an aromatic ring is 1. The summed E-state index contributed by atoms with van der Waals surface area (Å²) in [5.74, 6) is -0.268. The van der Waals surface area contributed by atoms with Crippen LogP contribution in [0.3, 0.4) is 0 Å². The van der Waals surface area contributed by atoms with Crippen molar-refractivity contribution >= 4 is 11.9 Å². The van der Waals surface area contributed by atoms with Gasteiger partial charge in [0.15, 0.2) is 0 Å². The number of nitrogens with zero attached hydrogens (tertiary/aromatic N) is 4. The monoisotopic (exact) mass is 219 g/mol. The fraction of sp³-hybridized carbons (Fsp3) is 0.111. The molecule has 2 rings (SSSR count). The van der Waals surface area contributed by atoms with E-state index in [-0.39, 0.29) is 5.95 Å². The fourth-order valence-corrected chi connectivity index (χ4v) is 1.26. The molecule has 0 spiro atoms. The van der Waals surface area contributed by atoms with Gasteiger partial charge in [0.25, 0.3) is 0 Å². The van der Waals surface area contributed by atoms with Crippen LogP contribution in [0.5, 0.6) is 0 Å². The van der Waals surface area contributed by atoms with Crippen molar-refractivity contribution in [3.63, 3.8) is 0 Å². The summed E-state index contributed by atoms with van der Waals surface area (Å²) in [4.78, 5) is 11.3. The summed E-state index contributed by atoms with van der Waals surface area (Å²) in [5.41, 5.74) is 6.56. The summed E-state index contributed by atoms with van der Waals surface area (Å²) in [6.45, 7) is 0. The first kappa shape index (κ1) is 10.1. The molecular weight excluding hydrogens is 210 g/mol. The SMILES string of the molecule is COC(=O)c1cccc(-n2nnnc2N)c1. The Morgan fingerprint density at radius 3 is 2.94 bits per heavy atom. The molecule has 0 aliphatic heterocycles. The minimum Gasteiger partial charge on any atom is -0.465 e. The van der Waals surface area contributed by atoms with Crippen molar-refractivity contribution in [1.29, 1.82) is 0 Å². The van der Waals surface area contributed by atoms with Crippen LogP contribution >= 0.6 is 0 Å². The van der Waals surface area contributed by atoms with Crippen LogP contribution in [-0.4, -0.2) is 33.3 Å². The van der Waals surface area contributed by atoms with E-state index >= 15 is 0 Å². The van der Waals surface area contributed by atoms with Gasteiger partial charge in [0.2, 0.25) is 5.95 Å². The molecule has 1 aromatic carbocycles. The molecular formula is C9H9N5O2. The Balaban J connectivity index is 2.44. The summed E-state index contributed by atoms with van der Waals surface area (Å²) in [7, 11) is 1.32. The summed E-state index contributed by atoms with van der Waals surface area (Å²) >= 11 is 0. The molecule has 1 aromatic heterocycles. The fourth-order valence-electron chi connectivity index (χ4n) is 1.26. The van der Waals surface area contributed by atoms with Gasteiger partial charge in [-0.3, -0.25) is 0 Å². The molecule has 0 fully saturated rings. The lowest BCUT2D eigenvalue weighted by Gasteiger charge is -2.03. The number of hydrogen-bond donors (Lipinski definition) is 1. The molecule has 0 radical (unpaired) electrons. The highest BCUT2D eigenvalue weighted by Gasteiger charge is 2.09. The summed E-state index contributed by atoms with van der Waals surface area (Å²) in [5, 5.41) is 10.7. The minimum atomic E-state index is -0.423. The number of methoxy groups -OCH3 is 1. The molecule has 2 aromatic rings. The maximum Gasteiger partial charge on any atom is 0.337 e. The number of esters is 1. The number of tetrazole rings is 1. The van der Waals surface area contributed by atoms with Gasteiger partial charge in [-0.05, 0) is 28.6 Å². The predicted molar refractivity (Wildman–Crippen MR) is 54.9 cm³/mol. The Bertz CT molecular complexity index is 522. The second kappa shape index (κ2) is 3.97. The largest absolute Gasteiger partial charge is 0.465 e. The number of carbonyl (C=O) groups excluding carboxylic acids is 1. The van der Waals surface area contributed by atoms with E-state index in [4.69, 9.17) is 5.73 Å². The highest BCUT2D eigenvalue weighted by molar-refractivity contribution is 5.89. The molecule has 82 valence electrons. The summed E-state index contributed by atoms with van der Waals surface area (Å²) < 4.78 is 5.93. The zero-order chi connectivity index (χ0) is 11.5. The molecule has 7 heteroatoms. The Hall–Kier alpha value is -2.44. The van der Waals surface area contributed by atoms with Gasteiger partial charge >= 0.3 is 5.97 Å². The Morgan fingerprint density at radius 1 is 1.50 bits per heavy atom. The number of hydrogen-bond acceptors (Lipinski definition) is 6. The predicted octanol–water partition coefficient (Wildman–Crippen LogP) is 0.0311. The van der Waals surface area contributed by atoms with Crippen LogP contribution in [-0.2, 0) is 4.74 Å². The molecule has 0 bridgehead atoms. The Morgan fingerprint density at radius 2 is 2.31 bits per heavy atom. The first-order valence-electron chi connectivity index (χ1n) is 4.45. The lowest BCUT2D eigenvalue weighted by atomic mass is 10.2. The van der Waals surface area contributed by atoms with E-state index in [1.807, 2.05) is 0 Å². The average Bonchev–Trinajstić information content (AvgIpc) is 2.74. The van der Waals surface area contributed by atoms with Gasteiger partial charge in [0, 0.05) is 0 Å². The lowest BCUT2D eigenvalue weighted by molar-refractivity contribution is 0.0600. The number of anilines is 1. The van der Waals surface area contributed by atoms with Crippen molar-refractivity contribution in [2.24, 2.45) is 0 Å². The minimum absolute atomic E-state index is 0.155. The standard InChI is InChI=1S/C9H9N5O2/c1-16-8(15)6-3-2-4-7(5-6)14-9(10)11-12-13-14/h2-5H,1H3,(H2,10,11,13). The first-order chi connectivity index (χ1) is 7.72. The molecule has 0 saturated heterocycles. The third-order valence-electron chi connectivity index (χ3n) is 2.01. The average molecular weight is 219 g/mol. The Kier molecular flexibility index (Phi) is 2.50. The number of benzene rings is 1. The van der Waals surface area contributed by atoms with Crippen molar-refractivity contribution in [2.75, 3.05) is 12.8 Å². The molecule has 0 saturated carbocycles. The maximum absolute atomic E-state index is 11.3. The maximum atomic E-state index is 11.3. The molecule has 0 aliphatic rings. The second-order valence-corrected chi connectivity index (χ2v) is 2.99. The summed E-state index contributed by atoms with van der Waals surface area (Å²) in [6, 6.07) is 6.66. The highest BCUT2D eigenvalue weighted by atomic mass is 16.5. The van der Waals surface area contributed by atoms with Crippen LogP contribution in [0.1, 0.15) is 10.4 Å². The number of rotatable bonds is 2. The van der Waals surface area contributed by atoms with Crippen molar-refractivity contribution in [3.8, 4) is 5.69 Å². The van der Waals surface area contributed by atoms with Crippen molar-refractivity contribution in [3.05, 3.63) is 29.8 Å². The molecule has 7 nitrogen and oxygen atoms in total. The third kappa shape index (κ3) is 1.70. The van der Waals surface area contributed by atoms with Gasteiger partial charge in [-0.2, -0.15) is 4.68 Å². The van der Waals surface area contributed by atoms with E-state index < -0.39 is 5.97 Å². The molecule has 0 atom stereocenters. The zero-order valence-electron chi connectivity index (χ0n) is 8.49. The molecule has 0 unspecified atom stereocenters. The van der Waals surface area contributed by atoms with Gasteiger partial charge in [-0.15, -0.1) is 0 Å². The highest BCUT2D eigenvalue weighted by Crippen LogP contribution is 2.12. The lowest BCUT2D eigenvalue weighted by Crippen LogP contribution is -2.05. The van der Waals surface area contributed by atoms with Crippen LogP contribution in [0.15, 0.2) is 24.3 Å². The van der Waals surface area contributed by atoms with E-state index in [0.717, 1.165) is 0 Å². The normalized spacial score (nSPS) is 10.1. The van der Waals surface area contributed by atoms with E-state index in [1.54, 1.807) is 24.3 Å². The summed E-state index contributed by atoms with van der Waals surface area (Å²) in [6.07, 6.45) is 0. The van der Waals surface area contributed by atoms with Crippen molar-refractivity contribution in [1.82, 2.24) is 20.2 Å². The number of carbonyl (C=O) groups is 1. The van der Waals surface area contributed by atoms with E-state index in [9.17, 15) is 4.79 Å². The quantitative estimate of drug-likeness (QED) is 0.716. The smallest absolute Gasteiger partial charge is 0.337 e. The van der Waals surface area contributed by atoms with Gasteiger partial charge in [-0.1, -0.05) is 11.2 Å². The van der Waals surface area contributed by atoms with Crippen LogP contribution in [0.2, 0.25) is 0 Å². The van der Waals surface area contributed by atoms with Crippen LogP contribution in [0, 0.1) is 0 Å². The van der Waals surface area contributed by atoms with Crippen molar-refractivity contribution < 1.29 is 9.53 Å². The van der Waals surface area contributed by atoms with Crippen LogP contribution in [0.4, 0.5) is 5.95 Å². The van der Waals surface area contributed by atoms with E-state index in [2.05, 4.69) is 20.3 Å². The van der Waals surface area contributed by atoms with Crippen LogP contribution in [0.25, 0.3) is 5.69 Å². The van der Waals surface area contributed by atoms with E-state index in [0.29, 0.717) is 11.3 Å². The third-order valence-corrected chi connectivity index (χ3v) is 2.01. The van der Waals surface area contributed by atoms with Gasteiger partial charge in [0.1, 0.15) is 0 Å². The van der Waals surface area contributed by atoms with E-state index in [1.165, 1.54) is 11.8 Å².